The van der Waals surface area contributed by atoms with Crippen LogP contribution in [0.2, 0.25) is 0 Å². The Morgan fingerprint density at radius 2 is 2.03 bits per heavy atom. The minimum Gasteiger partial charge on any atom is -0.406 e. The van der Waals surface area contributed by atoms with E-state index in [1.807, 2.05) is 6.08 Å². The average Bonchev–Trinajstić information content (AvgIpc) is 3.56. The summed E-state index contributed by atoms with van der Waals surface area (Å²) >= 11 is 0. The van der Waals surface area contributed by atoms with Crippen LogP contribution in [-0.2, 0) is 6.54 Å². The number of rotatable bonds is 6. The van der Waals surface area contributed by atoms with E-state index in [1.165, 1.54) is 16.8 Å². The number of aliphatic hydroxyl groups excluding tert-OH is 1. The molecule has 8 nitrogen and oxygen atoms in total. The molecular weight excluding hydrogens is 436 g/mol. The number of benzene rings is 1. The molecular formula is C20H24F4N4O4. The molecule has 1 aromatic carbocycles. The van der Waals surface area contributed by atoms with Crippen molar-refractivity contribution in [3.8, 4) is 5.75 Å². The van der Waals surface area contributed by atoms with E-state index in [9.17, 15) is 32.3 Å². The molecule has 0 bridgehead atoms. The summed E-state index contributed by atoms with van der Waals surface area (Å²) < 4.78 is 54.7. The normalized spacial score (nSPS) is 20.3. The lowest BCUT2D eigenvalue weighted by Gasteiger charge is -2.41. The molecule has 32 heavy (non-hydrogen) atoms. The quantitative estimate of drug-likeness (QED) is 0.569. The summed E-state index contributed by atoms with van der Waals surface area (Å²) in [6.07, 6.45) is -2.04. The fourth-order valence-electron chi connectivity index (χ4n) is 3.72. The van der Waals surface area contributed by atoms with Crippen molar-refractivity contribution in [2.75, 3.05) is 26.7 Å². The first-order valence-corrected chi connectivity index (χ1v) is 9.99. The van der Waals surface area contributed by atoms with Crippen molar-refractivity contribution >= 4 is 12.1 Å². The molecule has 0 radical (unpaired) electrons. The van der Waals surface area contributed by atoms with Crippen LogP contribution >= 0.6 is 0 Å². The third-order valence-corrected chi connectivity index (χ3v) is 5.24. The molecule has 0 aromatic heterocycles. The maximum absolute atomic E-state index is 14.2. The third-order valence-electron chi connectivity index (χ3n) is 5.24. The molecule has 4 amide bonds. The van der Waals surface area contributed by atoms with Crippen LogP contribution in [0.15, 0.2) is 30.0 Å². The number of piperidine rings is 1. The number of alkyl halides is 3. The van der Waals surface area contributed by atoms with E-state index in [4.69, 9.17) is 0 Å². The number of nitrogens with zero attached hydrogens (tertiary/aromatic N) is 2. The number of hydrogen-bond donors (Lipinski definition) is 3. The Kier molecular flexibility index (Phi) is 7.12. The van der Waals surface area contributed by atoms with Gasteiger partial charge in [0.05, 0.1) is 6.04 Å². The number of carbonyl (C=O) groups is 2. The molecule has 1 aromatic rings. The summed E-state index contributed by atoms with van der Waals surface area (Å²) in [6.45, 7) is 0.226. The number of amides is 4. The molecule has 2 atom stereocenters. The summed E-state index contributed by atoms with van der Waals surface area (Å²) in [5.74, 6) is -1.85. The second kappa shape index (κ2) is 9.63. The summed E-state index contributed by atoms with van der Waals surface area (Å²) in [6, 6.07) is 1.44. The van der Waals surface area contributed by atoms with Crippen molar-refractivity contribution in [1.82, 2.24) is 20.4 Å². The number of ether oxygens (including phenoxy) is 1. The first kappa shape index (κ1) is 23.6. The Hall–Kier alpha value is -3.02. The molecule has 3 rings (SSSR count). The highest BCUT2D eigenvalue weighted by molar-refractivity contribution is 5.78. The number of hydrogen-bond acceptors (Lipinski definition) is 4. The number of carbonyl (C=O) groups excluding carboxylic acids is 2. The van der Waals surface area contributed by atoms with Gasteiger partial charge in [0.15, 0.2) is 0 Å². The van der Waals surface area contributed by atoms with E-state index in [1.54, 1.807) is 0 Å². The van der Waals surface area contributed by atoms with Gasteiger partial charge >= 0.3 is 18.4 Å². The van der Waals surface area contributed by atoms with Gasteiger partial charge in [0, 0.05) is 63.0 Å². The molecule has 176 valence electrons. The Labute approximate surface area is 181 Å². The van der Waals surface area contributed by atoms with Gasteiger partial charge in [-0.05, 0) is 12.5 Å². The molecule has 1 aliphatic carbocycles. The van der Waals surface area contributed by atoms with Crippen LogP contribution in [0.25, 0.3) is 0 Å². The van der Waals surface area contributed by atoms with Crippen LogP contribution < -0.4 is 15.4 Å². The van der Waals surface area contributed by atoms with Crippen LogP contribution in [0.3, 0.4) is 0 Å². The Morgan fingerprint density at radius 3 is 2.59 bits per heavy atom. The maximum atomic E-state index is 14.2. The Bertz CT molecular complexity index is 893. The van der Waals surface area contributed by atoms with Gasteiger partial charge in [-0.25, -0.2) is 14.0 Å². The second-order valence-corrected chi connectivity index (χ2v) is 7.63. The summed E-state index contributed by atoms with van der Waals surface area (Å²) in [7, 11) is 1.49. The minimum absolute atomic E-state index is 0.0125. The lowest BCUT2D eigenvalue weighted by molar-refractivity contribution is -0.274. The second-order valence-electron chi connectivity index (χ2n) is 7.63. The molecule has 1 heterocycles. The van der Waals surface area contributed by atoms with Crippen molar-refractivity contribution in [1.29, 1.82) is 0 Å². The highest BCUT2D eigenvalue weighted by Gasteiger charge is 2.38. The van der Waals surface area contributed by atoms with Crippen molar-refractivity contribution in [3.63, 3.8) is 0 Å². The fourth-order valence-corrected chi connectivity index (χ4v) is 3.72. The molecule has 0 saturated carbocycles. The largest absolute Gasteiger partial charge is 0.573 e. The van der Waals surface area contributed by atoms with Crippen LogP contribution in [0.1, 0.15) is 18.4 Å². The van der Waals surface area contributed by atoms with Crippen LogP contribution in [0, 0.1) is 11.7 Å². The number of likely N-dealkylation sites (tertiary alicyclic amines) is 1. The average molecular weight is 460 g/mol. The molecule has 2 aliphatic rings. The molecule has 0 spiro atoms. The van der Waals surface area contributed by atoms with E-state index >= 15 is 0 Å². The Balaban J connectivity index is 1.67. The van der Waals surface area contributed by atoms with Crippen molar-refractivity contribution in [2.45, 2.75) is 31.8 Å². The monoisotopic (exact) mass is 460 g/mol. The van der Waals surface area contributed by atoms with E-state index in [-0.39, 0.29) is 43.3 Å². The number of allylic oxidation sites excluding steroid dienone is 2. The number of halogens is 4. The molecule has 1 fully saturated rings. The van der Waals surface area contributed by atoms with Crippen molar-refractivity contribution < 1.29 is 37.0 Å². The van der Waals surface area contributed by atoms with Gasteiger partial charge in [0.1, 0.15) is 11.6 Å². The van der Waals surface area contributed by atoms with E-state index < -0.39 is 24.0 Å². The number of nitrogens with one attached hydrogen (secondary N) is 2. The molecule has 3 N–H and O–H groups in total. The SMILES string of the molecule is CNC(=O)N1CC(CO)C[C@H](N(C(=O)NCc2ccc(OC(F)(F)F)cc2F)C2=CC2)C1. The zero-order valence-corrected chi connectivity index (χ0v) is 17.3. The summed E-state index contributed by atoms with van der Waals surface area (Å²) in [4.78, 5) is 28.0. The van der Waals surface area contributed by atoms with Crippen LogP contribution in [0.4, 0.5) is 27.2 Å². The van der Waals surface area contributed by atoms with Gasteiger partial charge < -0.3 is 25.4 Å². The zero-order valence-electron chi connectivity index (χ0n) is 17.3. The fraction of sp³-hybridized carbons (Fsp3) is 0.500. The Morgan fingerprint density at radius 1 is 1.31 bits per heavy atom. The first-order valence-electron chi connectivity index (χ1n) is 9.99. The highest BCUT2D eigenvalue weighted by atomic mass is 19.4. The zero-order chi connectivity index (χ0) is 23.5. The summed E-state index contributed by atoms with van der Waals surface area (Å²) in [5, 5.41) is 14.7. The van der Waals surface area contributed by atoms with Crippen LogP contribution in [-0.4, -0.2) is 66.1 Å². The standard InChI is InChI=1S/C20H24F4N4O4/c1-25-18(30)27-9-12(11-29)6-15(10-27)28(14-3-4-14)19(31)26-8-13-2-5-16(7-17(13)21)32-20(22,23)24/h2-3,5,7,12,15,29H,4,6,8-11H2,1H3,(H,25,30)(H,26,31)/t12?,15-/m0/s1. The summed E-state index contributed by atoms with van der Waals surface area (Å²) in [5.41, 5.74) is 0.735. The minimum atomic E-state index is -4.93. The van der Waals surface area contributed by atoms with Gasteiger partial charge in [-0.15, -0.1) is 13.2 Å². The molecule has 1 aliphatic heterocycles. The van der Waals surface area contributed by atoms with E-state index in [0.717, 1.165) is 17.8 Å². The molecule has 1 saturated heterocycles. The molecule has 12 heteroatoms. The van der Waals surface area contributed by atoms with Gasteiger partial charge in [0.2, 0.25) is 0 Å². The first-order chi connectivity index (χ1) is 15.1. The van der Waals surface area contributed by atoms with Crippen molar-refractivity contribution in [3.05, 3.63) is 41.4 Å². The van der Waals surface area contributed by atoms with Crippen molar-refractivity contribution in [2.24, 2.45) is 5.92 Å². The van der Waals surface area contributed by atoms with E-state index in [0.29, 0.717) is 25.5 Å². The smallest absolute Gasteiger partial charge is 0.406 e. The van der Waals surface area contributed by atoms with Gasteiger partial charge in [-0.1, -0.05) is 12.1 Å². The molecule has 1 unspecified atom stereocenters. The third kappa shape index (κ3) is 6.02. The maximum Gasteiger partial charge on any atom is 0.573 e. The topological polar surface area (TPSA) is 94.1 Å². The van der Waals surface area contributed by atoms with E-state index in [2.05, 4.69) is 15.4 Å². The lowest BCUT2D eigenvalue weighted by Crippen LogP contribution is -2.56. The predicted octanol–water partition coefficient (Wildman–Crippen LogP) is 2.55. The van der Waals surface area contributed by atoms with Gasteiger partial charge in [0.25, 0.3) is 0 Å². The van der Waals surface area contributed by atoms with Crippen LogP contribution in [0.5, 0.6) is 5.75 Å². The number of urea groups is 2. The van der Waals surface area contributed by atoms with Gasteiger partial charge in [-0.3, -0.25) is 4.90 Å². The van der Waals surface area contributed by atoms with Gasteiger partial charge in [-0.2, -0.15) is 0 Å². The predicted molar refractivity (Wildman–Crippen MR) is 105 cm³/mol. The lowest BCUT2D eigenvalue weighted by atomic mass is 9.94. The number of aliphatic hydroxyl groups is 1. The highest BCUT2D eigenvalue weighted by Crippen LogP contribution is 2.31.